The van der Waals surface area contributed by atoms with Crippen molar-refractivity contribution >= 4 is 39.8 Å². The summed E-state index contributed by atoms with van der Waals surface area (Å²) < 4.78 is 27.4. The number of nitrogens with two attached hydrogens (primary N) is 1. The standard InChI is InChI=1S/C29H26ClN7O4S2/c1-38-26-24(37-13-19(35-36-37)20-15-42-29(31)34-20)25-21(14-39-27(41-25)16-7-3-2-4-8-16)40-28(26)43-22-11-17(30)12-33-23(22)18-9-5-6-10-32-18/h2-13,15,21,24-28H,14H2,1H3,(H2,31,34)/t21?,24?,25-,26?,27?,28+/m0/s1. The van der Waals surface area contributed by atoms with E-state index in [2.05, 4.69) is 25.3 Å². The van der Waals surface area contributed by atoms with Gasteiger partial charge in [-0.25, -0.2) is 9.67 Å². The lowest BCUT2D eigenvalue weighted by molar-refractivity contribution is -0.308. The second-order valence-corrected chi connectivity index (χ2v) is 12.4. The highest BCUT2D eigenvalue weighted by Gasteiger charge is 2.52. The van der Waals surface area contributed by atoms with Crippen LogP contribution in [0.25, 0.3) is 22.8 Å². The van der Waals surface area contributed by atoms with E-state index in [9.17, 15) is 0 Å². The molecule has 5 aromatic rings. The Bertz CT molecular complexity index is 1690. The van der Waals surface area contributed by atoms with Crippen LogP contribution in [0.5, 0.6) is 0 Å². The number of rotatable bonds is 7. The molecular weight excluding hydrogens is 610 g/mol. The normalized spacial score (nSPS) is 25.3. The van der Waals surface area contributed by atoms with Gasteiger partial charge >= 0.3 is 0 Å². The van der Waals surface area contributed by atoms with E-state index >= 15 is 0 Å². The SMILES string of the molecule is COC1C(n2cc(-c3csc(N)n3)nn2)[C@H]2OC(c3ccccc3)OCC2O[C@@H]1Sc1cc(Cl)cnc1-c1ccccn1. The molecule has 2 aliphatic rings. The molecule has 2 fully saturated rings. The summed E-state index contributed by atoms with van der Waals surface area (Å²) >= 11 is 9.22. The zero-order valence-corrected chi connectivity index (χ0v) is 25.2. The summed E-state index contributed by atoms with van der Waals surface area (Å²) in [6, 6.07) is 16.9. The van der Waals surface area contributed by atoms with Gasteiger partial charge in [-0.15, -0.1) is 16.4 Å². The zero-order valence-electron chi connectivity index (χ0n) is 22.8. The van der Waals surface area contributed by atoms with Crippen molar-refractivity contribution in [1.29, 1.82) is 0 Å². The van der Waals surface area contributed by atoms with Crippen molar-refractivity contribution in [2.24, 2.45) is 0 Å². The monoisotopic (exact) mass is 635 g/mol. The highest BCUT2D eigenvalue weighted by Crippen LogP contribution is 2.46. The number of anilines is 1. The molecule has 6 atom stereocenters. The summed E-state index contributed by atoms with van der Waals surface area (Å²) in [5.41, 5.74) is 8.94. The number of methoxy groups -OCH3 is 1. The first-order chi connectivity index (χ1) is 21.1. The third-order valence-corrected chi connectivity index (χ3v) is 9.28. The van der Waals surface area contributed by atoms with Crippen molar-refractivity contribution in [2.75, 3.05) is 19.5 Å². The summed E-state index contributed by atoms with van der Waals surface area (Å²) in [4.78, 5) is 14.3. The van der Waals surface area contributed by atoms with Gasteiger partial charge in [0.05, 0.1) is 23.5 Å². The first-order valence-corrected chi connectivity index (χ1v) is 15.6. The van der Waals surface area contributed by atoms with Crippen LogP contribution in [0.3, 0.4) is 0 Å². The number of ether oxygens (including phenoxy) is 4. The third-order valence-electron chi connectivity index (χ3n) is 7.22. The van der Waals surface area contributed by atoms with Crippen LogP contribution in [0.15, 0.2) is 83.5 Å². The summed E-state index contributed by atoms with van der Waals surface area (Å²) in [6.07, 6.45) is 3.18. The molecule has 11 nitrogen and oxygen atoms in total. The maximum absolute atomic E-state index is 6.67. The van der Waals surface area contributed by atoms with E-state index in [1.165, 1.54) is 23.1 Å². The molecule has 6 heterocycles. The molecule has 4 unspecified atom stereocenters. The summed E-state index contributed by atoms with van der Waals surface area (Å²) in [6.45, 7) is 0.305. The molecule has 2 aliphatic heterocycles. The Labute approximate surface area is 260 Å². The van der Waals surface area contributed by atoms with Gasteiger partial charge in [0.25, 0.3) is 0 Å². The molecule has 1 aromatic carbocycles. The number of benzene rings is 1. The minimum absolute atomic E-state index is 0.305. The fraction of sp³-hybridized carbons (Fsp3) is 0.276. The van der Waals surface area contributed by atoms with Crippen LogP contribution in [0.2, 0.25) is 5.02 Å². The van der Waals surface area contributed by atoms with Crippen molar-refractivity contribution in [2.45, 2.75) is 41.0 Å². The molecule has 2 N–H and O–H groups in total. The van der Waals surface area contributed by atoms with E-state index in [0.29, 0.717) is 33.8 Å². The fourth-order valence-electron chi connectivity index (χ4n) is 5.27. The molecule has 4 aromatic heterocycles. The van der Waals surface area contributed by atoms with Gasteiger partial charge in [-0.3, -0.25) is 9.97 Å². The quantitative estimate of drug-likeness (QED) is 0.250. The second kappa shape index (κ2) is 12.3. The lowest BCUT2D eigenvalue weighted by atomic mass is 9.95. The first-order valence-electron chi connectivity index (χ1n) is 13.4. The number of hydrogen-bond acceptors (Lipinski definition) is 12. The molecule has 0 spiro atoms. The molecule has 0 bridgehead atoms. The van der Waals surface area contributed by atoms with Gasteiger partial charge in [0.2, 0.25) is 0 Å². The smallest absolute Gasteiger partial charge is 0.184 e. The molecule has 14 heteroatoms. The molecule has 0 amide bonds. The van der Waals surface area contributed by atoms with Crippen molar-refractivity contribution in [3.8, 4) is 22.8 Å². The van der Waals surface area contributed by atoms with Crippen LogP contribution >= 0.6 is 34.7 Å². The zero-order chi connectivity index (χ0) is 29.3. The number of pyridine rings is 2. The summed E-state index contributed by atoms with van der Waals surface area (Å²) in [5, 5.41) is 11.7. The number of aromatic nitrogens is 6. The van der Waals surface area contributed by atoms with Gasteiger partial charge in [0, 0.05) is 35.3 Å². The molecule has 220 valence electrons. The van der Waals surface area contributed by atoms with Gasteiger partial charge < -0.3 is 24.7 Å². The number of hydrogen-bond donors (Lipinski definition) is 1. The third kappa shape index (κ3) is 5.77. The number of thiazole rings is 1. The van der Waals surface area contributed by atoms with Crippen molar-refractivity contribution in [1.82, 2.24) is 29.9 Å². The molecule has 0 saturated carbocycles. The summed E-state index contributed by atoms with van der Waals surface area (Å²) in [7, 11) is 1.65. The highest BCUT2D eigenvalue weighted by atomic mass is 35.5. The van der Waals surface area contributed by atoms with Gasteiger partial charge in [-0.05, 0) is 18.2 Å². The van der Waals surface area contributed by atoms with Gasteiger partial charge in [-0.1, -0.05) is 65.0 Å². The average Bonchev–Trinajstić information content (AvgIpc) is 3.70. The van der Waals surface area contributed by atoms with Crippen LogP contribution in [-0.4, -0.2) is 67.4 Å². The average molecular weight is 636 g/mol. The van der Waals surface area contributed by atoms with Crippen LogP contribution in [0, 0.1) is 0 Å². The Hall–Kier alpha value is -3.43. The predicted octanol–water partition coefficient (Wildman–Crippen LogP) is 5.28. The number of fused-ring (bicyclic) bond motifs is 1. The lowest BCUT2D eigenvalue weighted by Gasteiger charge is -2.48. The van der Waals surface area contributed by atoms with E-state index in [4.69, 9.17) is 36.3 Å². The number of halogens is 1. The molecule has 2 saturated heterocycles. The maximum atomic E-state index is 6.67. The molecule has 0 aliphatic carbocycles. The van der Waals surface area contributed by atoms with E-state index in [-0.39, 0.29) is 0 Å². The Kier molecular flexibility index (Phi) is 8.10. The predicted molar refractivity (Wildman–Crippen MR) is 162 cm³/mol. The Morgan fingerprint density at radius 2 is 1.93 bits per heavy atom. The minimum atomic E-state index is -0.579. The molecular formula is C29H26ClN7O4S2. The maximum Gasteiger partial charge on any atom is 0.184 e. The lowest BCUT2D eigenvalue weighted by Crippen LogP contribution is -2.59. The number of nitrogens with zero attached hydrogens (tertiary/aromatic N) is 6. The van der Waals surface area contributed by atoms with Gasteiger partial charge in [0.1, 0.15) is 46.9 Å². The molecule has 0 radical (unpaired) electrons. The van der Waals surface area contributed by atoms with Crippen molar-refractivity contribution in [3.63, 3.8) is 0 Å². The van der Waals surface area contributed by atoms with E-state index in [1.54, 1.807) is 24.2 Å². The Morgan fingerprint density at radius 3 is 2.70 bits per heavy atom. The number of nitrogen functional groups attached to an aromatic ring is 1. The fourth-order valence-corrected chi connectivity index (χ4v) is 7.37. The first kappa shape index (κ1) is 28.3. The highest BCUT2D eigenvalue weighted by molar-refractivity contribution is 8.00. The Balaban J connectivity index is 1.26. The topological polar surface area (TPSA) is 132 Å². The van der Waals surface area contributed by atoms with Crippen LogP contribution in [0.1, 0.15) is 17.9 Å². The van der Waals surface area contributed by atoms with Gasteiger partial charge in [0.15, 0.2) is 11.4 Å². The van der Waals surface area contributed by atoms with Crippen molar-refractivity contribution < 1.29 is 18.9 Å². The minimum Gasteiger partial charge on any atom is -0.375 e. The van der Waals surface area contributed by atoms with Crippen LogP contribution < -0.4 is 5.73 Å². The largest absolute Gasteiger partial charge is 0.375 e. The van der Waals surface area contributed by atoms with E-state index in [1.807, 2.05) is 66.2 Å². The molecule has 43 heavy (non-hydrogen) atoms. The van der Waals surface area contributed by atoms with Crippen LogP contribution in [-0.2, 0) is 18.9 Å². The summed E-state index contributed by atoms with van der Waals surface area (Å²) in [5.74, 6) is 0. The van der Waals surface area contributed by atoms with Crippen molar-refractivity contribution in [3.05, 3.63) is 89.2 Å². The Morgan fingerprint density at radius 1 is 1.07 bits per heavy atom. The van der Waals surface area contributed by atoms with E-state index < -0.39 is 36.1 Å². The molecule has 7 rings (SSSR count). The second-order valence-electron chi connectivity index (χ2n) is 9.90. The van der Waals surface area contributed by atoms with Crippen LogP contribution in [0.4, 0.5) is 5.13 Å². The number of thioether (sulfide) groups is 1. The van der Waals surface area contributed by atoms with E-state index in [0.717, 1.165) is 16.2 Å². The van der Waals surface area contributed by atoms with Gasteiger partial charge in [-0.2, -0.15) is 0 Å².